The van der Waals surface area contributed by atoms with Gasteiger partial charge in [0, 0.05) is 53.9 Å². The average Bonchev–Trinajstić information content (AvgIpc) is 1.25. The minimum atomic E-state index is 0.996. The molecule has 0 amide bonds. The zero-order valence-corrected chi connectivity index (χ0v) is 74.0. The van der Waals surface area contributed by atoms with Crippen LogP contribution < -0.4 is 0 Å². The number of hydrogen-bond acceptors (Lipinski definition) is 0. The first-order valence-corrected chi connectivity index (χ1v) is 46.3. The minimum Gasteiger partial charge on any atom is -0.309 e. The Morgan fingerprint density at radius 3 is 0.946 bits per heavy atom. The first-order valence-electron chi connectivity index (χ1n) is 45.5. The Labute approximate surface area is 765 Å². The highest BCUT2D eigenvalue weighted by Gasteiger charge is 2.26. The molecule has 1 aliphatic rings. The van der Waals surface area contributed by atoms with E-state index in [-0.39, 0.29) is 0 Å². The Morgan fingerprint density at radius 2 is 0.508 bits per heavy atom. The number of hydrogen-bond donors (Lipinski definition) is 0. The third-order valence-electron chi connectivity index (χ3n) is 26.7. The van der Waals surface area contributed by atoms with Crippen molar-refractivity contribution in [3.63, 3.8) is 0 Å². The van der Waals surface area contributed by atoms with Gasteiger partial charge in [0.25, 0.3) is 0 Å². The van der Waals surface area contributed by atoms with Crippen LogP contribution in [0.3, 0.4) is 0 Å². The van der Waals surface area contributed by atoms with Gasteiger partial charge in [0.15, 0.2) is 0 Å². The van der Waals surface area contributed by atoms with E-state index in [1.165, 1.54) is 244 Å². The predicted octanol–water partition coefficient (Wildman–Crippen LogP) is 35.8. The van der Waals surface area contributed by atoms with Gasteiger partial charge < -0.3 is 13.7 Å². The maximum atomic E-state index is 3.56. The van der Waals surface area contributed by atoms with Crippen LogP contribution in [0, 0.1) is 0 Å². The van der Waals surface area contributed by atoms with Gasteiger partial charge in [-0.3, -0.25) is 0 Å². The Bertz CT molecular complexity index is 8540. The van der Waals surface area contributed by atoms with Gasteiger partial charge in [0.2, 0.25) is 0 Å². The van der Waals surface area contributed by atoms with Gasteiger partial charge in [0.05, 0.1) is 33.1 Å². The van der Waals surface area contributed by atoms with Crippen LogP contribution in [0.2, 0.25) is 0 Å². The highest BCUT2D eigenvalue weighted by Crippen LogP contribution is 2.50. The van der Waals surface area contributed by atoms with E-state index in [0.29, 0.717) is 0 Å². The van der Waals surface area contributed by atoms with E-state index in [1.54, 1.807) is 0 Å². The lowest BCUT2D eigenvalue weighted by molar-refractivity contribution is 0.772. The Balaban J connectivity index is 0.000000119. The maximum Gasteiger partial charge on any atom is 0.0547 e. The number of unbranched alkanes of at least 4 members (excludes halogenated alkanes) is 2. The minimum absolute atomic E-state index is 0.996. The lowest BCUT2D eigenvalue weighted by atomic mass is 9.86. The molecule has 0 radical (unpaired) electrons. The van der Waals surface area contributed by atoms with Gasteiger partial charge in [0.1, 0.15) is 0 Å². The fourth-order valence-electron chi connectivity index (χ4n) is 20.9. The molecule has 3 heterocycles. The summed E-state index contributed by atoms with van der Waals surface area (Å²) in [5.41, 5.74) is 31.4. The molecule has 25 aromatic rings. The molecule has 22 aromatic carbocycles. The second kappa shape index (κ2) is 33.9. The van der Waals surface area contributed by atoms with Gasteiger partial charge in [-0.2, -0.15) is 0 Å². The summed E-state index contributed by atoms with van der Waals surface area (Å²) in [7, 11) is 0. The number of nitrogens with zero attached hydrogens (tertiary/aromatic N) is 3. The Kier molecular flexibility index (Phi) is 20.6. The molecule has 130 heavy (non-hydrogen) atoms. The van der Waals surface area contributed by atoms with Crippen molar-refractivity contribution in [1.82, 2.24) is 13.7 Å². The number of aromatic nitrogens is 3. The molecule has 3 aromatic heterocycles. The number of para-hydroxylation sites is 4. The molecule has 0 saturated heterocycles. The van der Waals surface area contributed by atoms with E-state index in [0.717, 1.165) is 22.3 Å². The number of benzene rings is 22. The molecular formula is C126H90BrN3. The van der Waals surface area contributed by atoms with Gasteiger partial charge in [-0.25, -0.2) is 0 Å². The normalized spacial score (nSPS) is 11.7. The van der Waals surface area contributed by atoms with Crippen molar-refractivity contribution < 1.29 is 0 Å². The van der Waals surface area contributed by atoms with Crippen molar-refractivity contribution in [3.05, 3.63) is 477 Å². The van der Waals surface area contributed by atoms with Crippen LogP contribution >= 0.6 is 15.9 Å². The van der Waals surface area contributed by atoms with Gasteiger partial charge in [-0.05, 0) is 245 Å². The Hall–Kier alpha value is -15.7. The van der Waals surface area contributed by atoms with Gasteiger partial charge >= 0.3 is 0 Å². The largest absolute Gasteiger partial charge is 0.309 e. The topological polar surface area (TPSA) is 14.8 Å². The highest BCUT2D eigenvalue weighted by atomic mass is 79.9. The van der Waals surface area contributed by atoms with Crippen molar-refractivity contribution in [2.24, 2.45) is 0 Å². The van der Waals surface area contributed by atoms with Crippen LogP contribution in [0.25, 0.3) is 225 Å². The predicted molar refractivity (Wildman–Crippen MR) is 561 cm³/mol. The summed E-state index contributed by atoms with van der Waals surface area (Å²) >= 11 is 3.56. The summed E-state index contributed by atoms with van der Waals surface area (Å²) in [5, 5.41) is 23.0. The quantitative estimate of drug-likeness (QED) is 0.115. The van der Waals surface area contributed by atoms with E-state index in [4.69, 9.17) is 0 Å². The molecule has 616 valence electrons. The first-order chi connectivity index (χ1) is 64.4. The van der Waals surface area contributed by atoms with Crippen LogP contribution in [-0.2, 0) is 6.42 Å². The highest BCUT2D eigenvalue weighted by molar-refractivity contribution is 9.10. The summed E-state index contributed by atoms with van der Waals surface area (Å²) < 4.78 is 8.36. The van der Waals surface area contributed by atoms with Crippen molar-refractivity contribution in [2.45, 2.75) is 39.5 Å². The summed E-state index contributed by atoms with van der Waals surface area (Å²) in [6, 6.07) is 168. The van der Waals surface area contributed by atoms with Crippen LogP contribution in [0.1, 0.15) is 44.2 Å². The van der Waals surface area contributed by atoms with Gasteiger partial charge in [-0.1, -0.05) is 425 Å². The summed E-state index contributed by atoms with van der Waals surface area (Å²) in [6.45, 7) is 4.42. The molecule has 1 aliphatic carbocycles. The molecule has 26 rings (SSSR count). The lowest BCUT2D eigenvalue weighted by Crippen LogP contribution is -1.95. The number of fused-ring (bicyclic) bond motifs is 20. The molecule has 0 saturated carbocycles. The molecule has 0 unspecified atom stereocenters. The zero-order chi connectivity index (χ0) is 86.7. The second-order valence-corrected chi connectivity index (χ2v) is 35.2. The first kappa shape index (κ1) is 79.0. The van der Waals surface area contributed by atoms with E-state index in [1.807, 2.05) is 0 Å². The Morgan fingerprint density at radius 1 is 0.200 bits per heavy atom. The van der Waals surface area contributed by atoms with Crippen molar-refractivity contribution in [3.8, 4) is 95.0 Å². The lowest BCUT2D eigenvalue weighted by Gasteiger charge is -2.18. The van der Waals surface area contributed by atoms with Crippen LogP contribution in [0.5, 0.6) is 0 Å². The molecule has 0 bridgehead atoms. The molecule has 0 spiro atoms. The summed E-state index contributed by atoms with van der Waals surface area (Å²) in [4.78, 5) is 0. The molecular weight excluding hydrogens is 1640 g/mol. The van der Waals surface area contributed by atoms with E-state index in [9.17, 15) is 0 Å². The molecule has 4 heteroatoms. The summed E-state index contributed by atoms with van der Waals surface area (Å²) in [6.07, 6.45) is 5.07. The van der Waals surface area contributed by atoms with E-state index < -0.39 is 0 Å². The van der Waals surface area contributed by atoms with Gasteiger partial charge in [-0.15, -0.1) is 0 Å². The number of halogens is 1. The van der Waals surface area contributed by atoms with Crippen molar-refractivity contribution in [1.29, 1.82) is 0 Å². The molecule has 3 nitrogen and oxygen atoms in total. The average molecular weight is 1730 g/mol. The van der Waals surface area contributed by atoms with E-state index in [2.05, 4.69) is 505 Å². The van der Waals surface area contributed by atoms with Crippen molar-refractivity contribution >= 4 is 146 Å². The fourth-order valence-corrected chi connectivity index (χ4v) is 21.1. The summed E-state index contributed by atoms with van der Waals surface area (Å²) in [5.74, 6) is 0. The van der Waals surface area contributed by atoms with Crippen LogP contribution in [0.15, 0.2) is 466 Å². The smallest absolute Gasteiger partial charge is 0.0547 e. The third kappa shape index (κ3) is 13.9. The van der Waals surface area contributed by atoms with Crippen molar-refractivity contribution in [2.75, 3.05) is 0 Å². The molecule has 0 fully saturated rings. The second-order valence-electron chi connectivity index (χ2n) is 34.3. The van der Waals surface area contributed by atoms with E-state index >= 15 is 0 Å². The van der Waals surface area contributed by atoms with Crippen LogP contribution in [-0.4, -0.2) is 13.7 Å². The standard InChI is InChI=1S/C60H38N2.C35H23N.C26H17Br.C5H12/c1-3-16-40(17-4-1)58-49-22-9-11-24-51(49)59(52-25-12-10-23-50(52)58)41-27-32-45(33-28-41)62-55-36-31-39-15-7-8-20-46(39)60(55)53-35-30-43(38-57(53)62)42-29-34-48-47-21-13-14-26-54(47)61(56(48)37-42)44-18-5-2-6-19-44;1-2-9-28(10-3-1)36-33-13-7-6-12-31(33)32-19-17-25(22-34(32)36)24-16-18-30-27(20-24)21-26-15-14-23-8-4-5-11-29(23)35(26)30;27-20-16-14-19(15-17-20)26-23-12-6-4-10-21(23)25(18-8-2-1-3-9-18)22-11-5-7-13-24(22)26;1-3-5-4-2/h1-38H;1-20,22H,21H2;1-17H;3-5H2,1-2H3. The fraction of sp³-hybridized carbons (Fsp3) is 0.0476. The molecule has 0 atom stereocenters. The molecule has 0 N–H and O–H groups in total. The number of rotatable bonds is 11. The van der Waals surface area contributed by atoms with Crippen LogP contribution in [0.4, 0.5) is 0 Å². The SMILES string of the molecule is Brc1ccc(-c2c3ccccc3c(-c3ccccc3)c3ccccc23)cc1.CCCCC.c1ccc(-c2c3ccccc3c(-c3ccc(-n4c5cc(-c6ccc7c8ccccc8n(-c8ccccc8)c7c6)ccc5c5c6ccccc6ccc54)cc3)c3ccccc23)cc1.c1ccc(-n2c3ccccc3c3ccc(-c4ccc5c(c4)Cc4ccc6ccccc6c4-5)cc32)cc1. The third-order valence-corrected chi connectivity index (χ3v) is 27.2. The zero-order valence-electron chi connectivity index (χ0n) is 72.4. The monoisotopic (exact) mass is 1720 g/mol. The maximum absolute atomic E-state index is 3.56. The molecule has 0 aliphatic heterocycles.